The average molecular weight is 470 g/mol. The number of aryl methyl sites for hydroxylation is 1. The lowest BCUT2D eigenvalue weighted by Gasteiger charge is -2.15. The van der Waals surface area contributed by atoms with Crippen molar-refractivity contribution in [2.75, 3.05) is 25.7 Å². The summed E-state index contributed by atoms with van der Waals surface area (Å²) in [6.45, 7) is 0.455. The van der Waals surface area contributed by atoms with Gasteiger partial charge in [0.25, 0.3) is 5.56 Å². The number of benzene rings is 2. The highest BCUT2D eigenvalue weighted by atomic mass is 32.2. The second kappa shape index (κ2) is 10.1. The highest BCUT2D eigenvalue weighted by molar-refractivity contribution is 8.00. The Morgan fingerprint density at radius 3 is 2.69 bits per heavy atom. The van der Waals surface area contributed by atoms with Crippen LogP contribution in [0.2, 0.25) is 0 Å². The van der Waals surface area contributed by atoms with Crippen LogP contribution in [0.5, 0.6) is 11.5 Å². The Hall–Kier alpha value is -2.91. The van der Waals surface area contributed by atoms with Crippen LogP contribution in [0.15, 0.2) is 63.4 Å². The number of amides is 1. The summed E-state index contributed by atoms with van der Waals surface area (Å²) in [6.07, 6.45) is 0.746. The normalized spacial score (nSPS) is 12.3. The van der Waals surface area contributed by atoms with Crippen molar-refractivity contribution in [2.45, 2.75) is 23.0 Å². The number of fused-ring (bicyclic) bond motifs is 1. The summed E-state index contributed by atoms with van der Waals surface area (Å²) in [5.74, 6) is 1.94. The Morgan fingerprint density at radius 1 is 1.16 bits per heavy atom. The molecular formula is C23H23N3O4S2. The van der Waals surface area contributed by atoms with E-state index in [1.165, 1.54) is 23.5 Å². The lowest BCUT2D eigenvalue weighted by molar-refractivity contribution is -0.118. The van der Waals surface area contributed by atoms with Gasteiger partial charge in [0.15, 0.2) is 16.7 Å². The predicted octanol–water partition coefficient (Wildman–Crippen LogP) is 3.31. The van der Waals surface area contributed by atoms with Gasteiger partial charge in [-0.05, 0) is 17.7 Å². The van der Waals surface area contributed by atoms with Crippen LogP contribution in [-0.2, 0) is 17.8 Å². The number of ether oxygens (including phenoxy) is 2. The molecule has 0 bridgehead atoms. The van der Waals surface area contributed by atoms with Crippen LogP contribution in [0.3, 0.4) is 0 Å². The van der Waals surface area contributed by atoms with Gasteiger partial charge in [-0.1, -0.05) is 42.1 Å². The molecule has 4 rings (SSSR count). The van der Waals surface area contributed by atoms with Crippen molar-refractivity contribution in [3.8, 4) is 17.2 Å². The number of rotatable bonds is 8. The van der Waals surface area contributed by atoms with Gasteiger partial charge in [-0.3, -0.25) is 14.2 Å². The third-order valence-corrected chi connectivity index (χ3v) is 7.00. The number of nitrogens with one attached hydrogen (secondary N) is 1. The van der Waals surface area contributed by atoms with E-state index >= 15 is 0 Å². The first-order valence-electron chi connectivity index (χ1n) is 10.0. The monoisotopic (exact) mass is 469 g/mol. The van der Waals surface area contributed by atoms with Gasteiger partial charge in [-0.25, -0.2) is 4.98 Å². The van der Waals surface area contributed by atoms with Gasteiger partial charge < -0.3 is 14.8 Å². The predicted molar refractivity (Wildman–Crippen MR) is 126 cm³/mol. The second-order valence-corrected chi connectivity index (χ2v) is 9.05. The molecule has 1 aliphatic rings. The van der Waals surface area contributed by atoms with Gasteiger partial charge in [0, 0.05) is 24.8 Å². The van der Waals surface area contributed by atoms with Crippen molar-refractivity contribution in [2.24, 2.45) is 0 Å². The molecule has 2 aromatic carbocycles. The third kappa shape index (κ3) is 4.78. The molecule has 0 fully saturated rings. The Kier molecular flexibility index (Phi) is 7.06. The molecule has 0 radical (unpaired) electrons. The summed E-state index contributed by atoms with van der Waals surface area (Å²) in [5, 5.41) is 3.40. The Balaban J connectivity index is 1.60. The van der Waals surface area contributed by atoms with Crippen LogP contribution >= 0.6 is 23.5 Å². The summed E-state index contributed by atoms with van der Waals surface area (Å²) in [7, 11) is 3.11. The number of carbonyl (C=O) groups is 1. The van der Waals surface area contributed by atoms with Crippen LogP contribution in [0.25, 0.3) is 5.69 Å². The zero-order valence-corrected chi connectivity index (χ0v) is 19.4. The van der Waals surface area contributed by atoms with Crippen LogP contribution in [-0.4, -0.2) is 41.2 Å². The fourth-order valence-corrected chi connectivity index (χ4v) is 5.24. The van der Waals surface area contributed by atoms with E-state index < -0.39 is 0 Å². The number of carbonyl (C=O) groups excluding carboxylic acids is 1. The quantitative estimate of drug-likeness (QED) is 0.400. The number of hydrogen-bond donors (Lipinski definition) is 1. The molecular weight excluding hydrogens is 446 g/mol. The molecule has 1 aliphatic heterocycles. The average Bonchev–Trinajstić information content (AvgIpc) is 3.31. The largest absolute Gasteiger partial charge is 0.493 e. The number of hydrogen-bond acceptors (Lipinski definition) is 7. The van der Waals surface area contributed by atoms with Gasteiger partial charge in [0.1, 0.15) is 0 Å². The van der Waals surface area contributed by atoms with E-state index in [1.54, 1.807) is 37.0 Å². The Morgan fingerprint density at radius 2 is 1.94 bits per heavy atom. The molecule has 0 spiro atoms. The topological polar surface area (TPSA) is 82.5 Å². The molecule has 0 saturated heterocycles. The number of thioether (sulfide) groups is 2. The van der Waals surface area contributed by atoms with E-state index in [4.69, 9.17) is 14.5 Å². The number of aromatic nitrogens is 2. The highest BCUT2D eigenvalue weighted by Gasteiger charge is 2.23. The molecule has 0 atom stereocenters. The fourth-order valence-electron chi connectivity index (χ4n) is 3.36. The first kappa shape index (κ1) is 22.3. The minimum atomic E-state index is -0.128. The molecule has 1 amide bonds. The third-order valence-electron chi connectivity index (χ3n) is 4.96. The Labute approximate surface area is 194 Å². The van der Waals surface area contributed by atoms with E-state index in [0.717, 1.165) is 23.4 Å². The van der Waals surface area contributed by atoms with Crippen LogP contribution in [0, 0.1) is 0 Å². The summed E-state index contributed by atoms with van der Waals surface area (Å²) >= 11 is 2.77. The van der Waals surface area contributed by atoms with Crippen LogP contribution < -0.4 is 20.3 Å². The van der Waals surface area contributed by atoms with Crippen molar-refractivity contribution in [1.29, 1.82) is 0 Å². The molecule has 166 valence electrons. The van der Waals surface area contributed by atoms with Crippen molar-refractivity contribution >= 4 is 29.4 Å². The molecule has 9 heteroatoms. The van der Waals surface area contributed by atoms with Crippen molar-refractivity contribution in [1.82, 2.24) is 14.9 Å². The Bertz CT molecular complexity index is 1180. The molecule has 0 saturated carbocycles. The zero-order valence-electron chi connectivity index (χ0n) is 17.8. The number of methoxy groups -OCH3 is 2. The van der Waals surface area contributed by atoms with E-state index in [2.05, 4.69) is 5.32 Å². The maximum Gasteiger partial charge on any atom is 0.272 e. The molecule has 32 heavy (non-hydrogen) atoms. The standard InChI is InChI=1S/C23H23N3O4S2/c1-29-18-9-8-16(12-19(18)30-2)26-22(28)21-17(10-11-31-21)25-23(26)32-14-20(27)24-13-15-6-4-3-5-7-15/h3-9,12H,10-11,13-14H2,1-2H3,(H,24,27). The van der Waals surface area contributed by atoms with Gasteiger partial charge in [-0.15, -0.1) is 11.8 Å². The van der Waals surface area contributed by atoms with Gasteiger partial charge in [0.05, 0.1) is 36.2 Å². The van der Waals surface area contributed by atoms with Crippen LogP contribution in [0.4, 0.5) is 0 Å². The van der Waals surface area contributed by atoms with Gasteiger partial charge in [-0.2, -0.15) is 0 Å². The molecule has 0 aliphatic carbocycles. The van der Waals surface area contributed by atoms with Crippen molar-refractivity contribution in [3.63, 3.8) is 0 Å². The summed E-state index contributed by atoms with van der Waals surface area (Å²) < 4.78 is 12.3. The molecule has 2 heterocycles. The minimum absolute atomic E-state index is 0.123. The molecule has 1 N–H and O–H groups in total. The fraction of sp³-hybridized carbons (Fsp3) is 0.261. The zero-order chi connectivity index (χ0) is 22.5. The molecule has 7 nitrogen and oxygen atoms in total. The van der Waals surface area contributed by atoms with E-state index in [9.17, 15) is 9.59 Å². The van der Waals surface area contributed by atoms with E-state index in [0.29, 0.717) is 33.8 Å². The summed E-state index contributed by atoms with van der Waals surface area (Å²) in [6, 6.07) is 15.0. The summed E-state index contributed by atoms with van der Waals surface area (Å²) in [5.41, 5.74) is 2.31. The second-order valence-electron chi connectivity index (χ2n) is 7.00. The van der Waals surface area contributed by atoms with Gasteiger partial charge in [0.2, 0.25) is 5.91 Å². The minimum Gasteiger partial charge on any atom is -0.493 e. The summed E-state index contributed by atoms with van der Waals surface area (Å²) in [4.78, 5) is 31.2. The molecule has 3 aromatic rings. The first-order chi connectivity index (χ1) is 15.6. The highest BCUT2D eigenvalue weighted by Crippen LogP contribution is 2.33. The molecule has 0 unspecified atom stereocenters. The van der Waals surface area contributed by atoms with Crippen molar-refractivity contribution in [3.05, 3.63) is 70.1 Å². The van der Waals surface area contributed by atoms with Crippen molar-refractivity contribution < 1.29 is 14.3 Å². The number of nitrogens with zero attached hydrogens (tertiary/aromatic N) is 2. The SMILES string of the molecule is COc1ccc(-n2c(SCC(=O)NCc3ccccc3)nc3c(c2=O)SCC3)cc1OC. The maximum atomic E-state index is 13.3. The van der Waals surface area contributed by atoms with Gasteiger partial charge >= 0.3 is 0 Å². The van der Waals surface area contributed by atoms with E-state index in [-0.39, 0.29) is 17.2 Å². The lowest BCUT2D eigenvalue weighted by atomic mass is 10.2. The maximum absolute atomic E-state index is 13.3. The van der Waals surface area contributed by atoms with Crippen LogP contribution in [0.1, 0.15) is 11.3 Å². The lowest BCUT2D eigenvalue weighted by Crippen LogP contribution is -2.27. The van der Waals surface area contributed by atoms with E-state index in [1.807, 2.05) is 30.3 Å². The smallest absolute Gasteiger partial charge is 0.272 e. The first-order valence-corrected chi connectivity index (χ1v) is 12.0. The molecule has 1 aromatic heterocycles.